The minimum absolute atomic E-state index is 0.371. The standard InChI is InChI=1S/C10H17N3O/c1-7-5-3-4-6-9(7)8(2)12-13-10(11)14/h5,9H,3-4,6H2,1-2H3,(H3,11,13,14)/b12-8+. The minimum Gasteiger partial charge on any atom is -0.350 e. The highest BCUT2D eigenvalue weighted by atomic mass is 16.2. The summed E-state index contributed by atoms with van der Waals surface area (Å²) in [5.74, 6) is 0.371. The van der Waals surface area contributed by atoms with Crippen LogP contribution in [0.5, 0.6) is 0 Å². The number of carbonyl (C=O) groups excluding carboxylic acids is 1. The normalized spacial score (nSPS) is 22.9. The van der Waals surface area contributed by atoms with Gasteiger partial charge in [0.05, 0.1) is 0 Å². The van der Waals surface area contributed by atoms with E-state index in [0.717, 1.165) is 18.6 Å². The van der Waals surface area contributed by atoms with E-state index >= 15 is 0 Å². The summed E-state index contributed by atoms with van der Waals surface area (Å²) in [6.07, 6.45) is 5.68. The smallest absolute Gasteiger partial charge is 0.332 e. The van der Waals surface area contributed by atoms with E-state index < -0.39 is 6.03 Å². The lowest BCUT2D eigenvalue weighted by atomic mass is 9.86. The number of nitrogens with zero attached hydrogens (tertiary/aromatic N) is 1. The molecule has 0 spiro atoms. The zero-order chi connectivity index (χ0) is 10.6. The van der Waals surface area contributed by atoms with E-state index in [1.807, 2.05) is 6.92 Å². The van der Waals surface area contributed by atoms with Crippen LogP contribution in [-0.2, 0) is 0 Å². The number of nitrogens with two attached hydrogens (primary N) is 1. The molecule has 0 saturated heterocycles. The van der Waals surface area contributed by atoms with E-state index in [1.165, 1.54) is 12.0 Å². The molecule has 1 rings (SSSR count). The SMILES string of the molecule is CC1=CCCCC1/C(C)=N/NC(N)=O. The molecule has 0 aromatic rings. The summed E-state index contributed by atoms with van der Waals surface area (Å²) in [7, 11) is 0. The van der Waals surface area contributed by atoms with E-state index in [-0.39, 0.29) is 0 Å². The van der Waals surface area contributed by atoms with Crippen LogP contribution in [0.15, 0.2) is 16.8 Å². The van der Waals surface area contributed by atoms with Gasteiger partial charge in [-0.3, -0.25) is 0 Å². The molecule has 0 saturated carbocycles. The van der Waals surface area contributed by atoms with Crippen LogP contribution in [0, 0.1) is 5.92 Å². The van der Waals surface area contributed by atoms with Crippen molar-refractivity contribution in [1.82, 2.24) is 5.43 Å². The van der Waals surface area contributed by atoms with Gasteiger partial charge in [-0.25, -0.2) is 10.2 Å². The number of rotatable bonds is 2. The highest BCUT2D eigenvalue weighted by molar-refractivity contribution is 5.88. The average molecular weight is 195 g/mol. The molecule has 4 nitrogen and oxygen atoms in total. The second kappa shape index (κ2) is 4.79. The Balaban J connectivity index is 2.63. The van der Waals surface area contributed by atoms with Crippen LogP contribution >= 0.6 is 0 Å². The minimum atomic E-state index is -0.609. The van der Waals surface area contributed by atoms with Crippen LogP contribution in [0.4, 0.5) is 4.79 Å². The first kappa shape index (κ1) is 10.8. The summed E-state index contributed by atoms with van der Waals surface area (Å²) in [5, 5.41) is 3.95. The number of nitrogens with one attached hydrogen (secondary N) is 1. The molecule has 0 fully saturated rings. The molecule has 1 atom stereocenters. The first-order valence-corrected chi connectivity index (χ1v) is 4.87. The summed E-state index contributed by atoms with van der Waals surface area (Å²) in [6, 6.07) is -0.609. The van der Waals surface area contributed by atoms with Crippen molar-refractivity contribution in [2.24, 2.45) is 16.8 Å². The van der Waals surface area contributed by atoms with Gasteiger partial charge in [0, 0.05) is 11.6 Å². The molecule has 78 valence electrons. The Kier molecular flexibility index (Phi) is 3.68. The van der Waals surface area contributed by atoms with Crippen molar-refractivity contribution < 1.29 is 4.79 Å². The first-order valence-electron chi connectivity index (χ1n) is 4.87. The first-order chi connectivity index (χ1) is 6.61. The van der Waals surface area contributed by atoms with Crippen LogP contribution in [0.25, 0.3) is 0 Å². The molecule has 4 heteroatoms. The maximum absolute atomic E-state index is 10.5. The zero-order valence-electron chi connectivity index (χ0n) is 8.71. The lowest BCUT2D eigenvalue weighted by molar-refractivity contribution is 0.249. The monoisotopic (exact) mass is 195 g/mol. The fourth-order valence-electron chi connectivity index (χ4n) is 1.78. The molecule has 1 unspecified atom stereocenters. The van der Waals surface area contributed by atoms with E-state index in [2.05, 4.69) is 23.5 Å². The van der Waals surface area contributed by atoms with Crippen molar-refractivity contribution in [1.29, 1.82) is 0 Å². The number of amides is 2. The summed E-state index contributed by atoms with van der Waals surface area (Å²) in [4.78, 5) is 10.5. The van der Waals surface area contributed by atoms with Gasteiger partial charge in [-0.05, 0) is 33.1 Å². The van der Waals surface area contributed by atoms with Crippen molar-refractivity contribution in [2.75, 3.05) is 0 Å². The maximum Gasteiger partial charge on any atom is 0.332 e. The van der Waals surface area contributed by atoms with Gasteiger partial charge in [0.2, 0.25) is 0 Å². The number of allylic oxidation sites excluding steroid dienone is 2. The number of carbonyl (C=O) groups is 1. The molecule has 0 radical (unpaired) electrons. The third-order valence-electron chi connectivity index (χ3n) is 2.56. The number of hydrogen-bond acceptors (Lipinski definition) is 2. The van der Waals surface area contributed by atoms with Gasteiger partial charge in [-0.15, -0.1) is 0 Å². The van der Waals surface area contributed by atoms with E-state index in [9.17, 15) is 4.79 Å². The molecule has 0 bridgehead atoms. The van der Waals surface area contributed by atoms with Crippen LogP contribution in [-0.4, -0.2) is 11.7 Å². The molecule has 14 heavy (non-hydrogen) atoms. The van der Waals surface area contributed by atoms with Crippen LogP contribution in [0.2, 0.25) is 0 Å². The molecule has 2 amide bonds. The summed E-state index contributed by atoms with van der Waals surface area (Å²) in [6.45, 7) is 4.02. The molecular weight excluding hydrogens is 178 g/mol. The van der Waals surface area contributed by atoms with Gasteiger partial charge in [0.1, 0.15) is 0 Å². The molecule has 1 aliphatic rings. The highest BCUT2D eigenvalue weighted by Gasteiger charge is 2.17. The van der Waals surface area contributed by atoms with Gasteiger partial charge in [0.25, 0.3) is 0 Å². The van der Waals surface area contributed by atoms with Gasteiger partial charge in [-0.1, -0.05) is 11.6 Å². The van der Waals surface area contributed by atoms with E-state index in [1.54, 1.807) is 0 Å². The Morgan fingerprint density at radius 1 is 1.71 bits per heavy atom. The van der Waals surface area contributed by atoms with Gasteiger partial charge < -0.3 is 5.73 Å². The van der Waals surface area contributed by atoms with Crippen molar-refractivity contribution in [3.63, 3.8) is 0 Å². The fourth-order valence-corrected chi connectivity index (χ4v) is 1.78. The molecule has 3 N–H and O–H groups in total. The van der Waals surface area contributed by atoms with Crippen LogP contribution in [0.1, 0.15) is 33.1 Å². The van der Waals surface area contributed by atoms with Crippen LogP contribution in [0.3, 0.4) is 0 Å². The summed E-state index contributed by atoms with van der Waals surface area (Å²) in [5.41, 5.74) is 9.46. The van der Waals surface area contributed by atoms with E-state index in [4.69, 9.17) is 5.73 Å². The lowest BCUT2D eigenvalue weighted by Crippen LogP contribution is -2.27. The Hall–Kier alpha value is -1.32. The Morgan fingerprint density at radius 2 is 2.43 bits per heavy atom. The Labute approximate surface area is 84.2 Å². The predicted molar refractivity (Wildman–Crippen MR) is 56.9 cm³/mol. The Morgan fingerprint density at radius 3 is 3.00 bits per heavy atom. The van der Waals surface area contributed by atoms with Crippen molar-refractivity contribution in [2.45, 2.75) is 33.1 Å². The zero-order valence-corrected chi connectivity index (χ0v) is 8.71. The Bertz CT molecular complexity index is 281. The van der Waals surface area contributed by atoms with Crippen molar-refractivity contribution >= 4 is 11.7 Å². The second-order valence-corrected chi connectivity index (χ2v) is 3.66. The predicted octanol–water partition coefficient (Wildman–Crippen LogP) is 1.78. The summed E-state index contributed by atoms with van der Waals surface area (Å²) < 4.78 is 0. The van der Waals surface area contributed by atoms with Gasteiger partial charge >= 0.3 is 6.03 Å². The number of hydrogen-bond donors (Lipinski definition) is 2. The van der Waals surface area contributed by atoms with Gasteiger partial charge in [-0.2, -0.15) is 5.10 Å². The quantitative estimate of drug-likeness (QED) is 0.393. The molecular formula is C10H17N3O. The lowest BCUT2D eigenvalue weighted by Gasteiger charge is -2.21. The van der Waals surface area contributed by atoms with Crippen molar-refractivity contribution in [3.8, 4) is 0 Å². The topological polar surface area (TPSA) is 67.5 Å². The van der Waals surface area contributed by atoms with Crippen LogP contribution < -0.4 is 11.2 Å². The molecule has 0 heterocycles. The van der Waals surface area contributed by atoms with Gasteiger partial charge in [0.15, 0.2) is 0 Å². The molecule has 1 aliphatic carbocycles. The molecule has 0 aromatic carbocycles. The molecule has 0 aliphatic heterocycles. The largest absolute Gasteiger partial charge is 0.350 e. The number of primary amides is 1. The third-order valence-corrected chi connectivity index (χ3v) is 2.56. The number of hydrazone groups is 1. The molecule has 0 aromatic heterocycles. The van der Waals surface area contributed by atoms with E-state index in [0.29, 0.717) is 5.92 Å². The highest BCUT2D eigenvalue weighted by Crippen LogP contribution is 2.25. The summed E-state index contributed by atoms with van der Waals surface area (Å²) >= 11 is 0. The maximum atomic E-state index is 10.5. The second-order valence-electron chi connectivity index (χ2n) is 3.66. The third kappa shape index (κ3) is 2.87. The average Bonchev–Trinajstić information content (AvgIpc) is 2.15. The number of urea groups is 1. The fraction of sp³-hybridized carbons (Fsp3) is 0.600. The van der Waals surface area contributed by atoms with Crippen molar-refractivity contribution in [3.05, 3.63) is 11.6 Å².